The summed E-state index contributed by atoms with van der Waals surface area (Å²) in [7, 11) is -1.86. The molecule has 0 heterocycles. The fourth-order valence-corrected chi connectivity index (χ4v) is 3.94. The van der Waals surface area contributed by atoms with Crippen LogP contribution in [-0.2, 0) is 14.6 Å². The third-order valence-corrected chi connectivity index (χ3v) is 5.00. The Balaban J connectivity index is 3.08. The molecule has 0 aliphatic rings. The molecule has 0 aromatic heterocycles. The maximum Gasteiger partial charge on any atom is 0.182 e. The highest BCUT2D eigenvalue weighted by atomic mass is 79.9. The fraction of sp³-hybridized carbons (Fsp3) is 0.400. The molecule has 0 aliphatic carbocycles. The molecule has 1 unspecified atom stereocenters. The number of nitrogens with two attached hydrogens (primary N) is 1. The first-order valence-electron chi connectivity index (χ1n) is 4.67. The van der Waals surface area contributed by atoms with Crippen molar-refractivity contribution in [2.24, 2.45) is 0 Å². The van der Waals surface area contributed by atoms with E-state index >= 15 is 0 Å². The Labute approximate surface area is 104 Å². The molecule has 2 N–H and O–H groups in total. The van der Waals surface area contributed by atoms with Gasteiger partial charge in [0.15, 0.2) is 9.84 Å². The summed E-state index contributed by atoms with van der Waals surface area (Å²) in [5.41, 5.74) is 6.07. The smallest absolute Gasteiger partial charge is 0.182 e. The standard InChI is InChI=1S/C10H14BrNO3S/c1-7(15-2)6-16(13,14)10-4-3-8(12)5-9(10)11/h3-5,7H,6,12H2,1-2H3. The zero-order valence-electron chi connectivity index (χ0n) is 9.10. The van der Waals surface area contributed by atoms with Crippen LogP contribution in [0.1, 0.15) is 6.92 Å². The van der Waals surface area contributed by atoms with Crippen LogP contribution in [0.3, 0.4) is 0 Å². The Bertz CT molecular complexity index is 473. The van der Waals surface area contributed by atoms with Gasteiger partial charge in [-0.2, -0.15) is 0 Å². The van der Waals surface area contributed by atoms with E-state index in [1.807, 2.05) is 0 Å². The number of anilines is 1. The molecule has 0 saturated carbocycles. The molecule has 0 bridgehead atoms. The van der Waals surface area contributed by atoms with Crippen molar-refractivity contribution in [2.45, 2.75) is 17.9 Å². The van der Waals surface area contributed by atoms with Crippen LogP contribution in [0.5, 0.6) is 0 Å². The molecular weight excluding hydrogens is 294 g/mol. The van der Waals surface area contributed by atoms with Gasteiger partial charge in [0.2, 0.25) is 0 Å². The van der Waals surface area contributed by atoms with E-state index in [1.54, 1.807) is 19.1 Å². The first kappa shape index (κ1) is 13.5. The minimum Gasteiger partial charge on any atom is -0.399 e. The molecule has 1 atom stereocenters. The summed E-state index contributed by atoms with van der Waals surface area (Å²) in [6, 6.07) is 4.64. The highest BCUT2D eigenvalue weighted by Gasteiger charge is 2.20. The molecule has 90 valence electrons. The average Bonchev–Trinajstić information content (AvgIpc) is 2.16. The largest absolute Gasteiger partial charge is 0.399 e. The van der Waals surface area contributed by atoms with E-state index in [1.165, 1.54) is 13.2 Å². The number of halogens is 1. The summed E-state index contributed by atoms with van der Waals surface area (Å²) >= 11 is 3.19. The van der Waals surface area contributed by atoms with Crippen LogP contribution < -0.4 is 5.73 Å². The molecule has 16 heavy (non-hydrogen) atoms. The Morgan fingerprint density at radius 2 is 2.12 bits per heavy atom. The van der Waals surface area contributed by atoms with E-state index in [0.717, 1.165) is 0 Å². The van der Waals surface area contributed by atoms with Crippen molar-refractivity contribution in [3.63, 3.8) is 0 Å². The van der Waals surface area contributed by atoms with Crippen LogP contribution in [0.2, 0.25) is 0 Å². The third-order valence-electron chi connectivity index (χ3n) is 2.15. The Morgan fingerprint density at radius 1 is 1.50 bits per heavy atom. The second-order valence-corrected chi connectivity index (χ2v) is 6.37. The number of methoxy groups -OCH3 is 1. The van der Waals surface area contributed by atoms with E-state index < -0.39 is 9.84 Å². The molecule has 6 heteroatoms. The van der Waals surface area contributed by atoms with E-state index in [2.05, 4.69) is 15.9 Å². The second-order valence-electron chi connectivity index (χ2n) is 3.52. The van der Waals surface area contributed by atoms with E-state index in [0.29, 0.717) is 10.2 Å². The SMILES string of the molecule is COC(C)CS(=O)(=O)c1ccc(N)cc1Br. The number of ether oxygens (including phenoxy) is 1. The number of sulfone groups is 1. The van der Waals surface area contributed by atoms with Gasteiger partial charge in [-0.15, -0.1) is 0 Å². The van der Waals surface area contributed by atoms with Gasteiger partial charge in [0, 0.05) is 17.3 Å². The van der Waals surface area contributed by atoms with Gasteiger partial charge in [-0.1, -0.05) is 0 Å². The molecule has 0 fully saturated rings. The molecule has 0 aliphatic heterocycles. The first-order chi connectivity index (χ1) is 7.36. The van der Waals surface area contributed by atoms with Gasteiger partial charge < -0.3 is 10.5 Å². The highest BCUT2D eigenvalue weighted by molar-refractivity contribution is 9.10. The molecule has 0 radical (unpaired) electrons. The van der Waals surface area contributed by atoms with Gasteiger partial charge >= 0.3 is 0 Å². The topological polar surface area (TPSA) is 69.4 Å². The van der Waals surface area contributed by atoms with Gasteiger partial charge in [-0.3, -0.25) is 0 Å². The lowest BCUT2D eigenvalue weighted by atomic mass is 10.3. The highest BCUT2D eigenvalue weighted by Crippen LogP contribution is 2.25. The molecule has 1 rings (SSSR count). The lowest BCUT2D eigenvalue weighted by molar-refractivity contribution is 0.136. The van der Waals surface area contributed by atoms with E-state index in [9.17, 15) is 8.42 Å². The first-order valence-corrected chi connectivity index (χ1v) is 7.12. The summed E-state index contributed by atoms with van der Waals surface area (Å²) < 4.78 is 29.4. The number of benzene rings is 1. The Morgan fingerprint density at radius 3 is 2.62 bits per heavy atom. The van der Waals surface area contributed by atoms with Crippen molar-refractivity contribution in [1.82, 2.24) is 0 Å². The third kappa shape index (κ3) is 3.20. The minimum absolute atomic E-state index is 0.0496. The quantitative estimate of drug-likeness (QED) is 0.862. The van der Waals surface area contributed by atoms with Crippen LogP contribution in [0.15, 0.2) is 27.6 Å². The summed E-state index contributed by atoms with van der Waals surface area (Å²) in [6.45, 7) is 1.71. The molecular formula is C10H14BrNO3S. The van der Waals surface area contributed by atoms with E-state index in [-0.39, 0.29) is 16.8 Å². The van der Waals surface area contributed by atoms with Crippen molar-refractivity contribution in [1.29, 1.82) is 0 Å². The second kappa shape index (κ2) is 5.16. The Hall–Kier alpha value is -0.590. The minimum atomic E-state index is -3.35. The molecule has 4 nitrogen and oxygen atoms in total. The predicted octanol–water partition coefficient (Wildman–Crippen LogP) is 1.84. The maximum atomic E-state index is 12.0. The summed E-state index contributed by atoms with van der Waals surface area (Å²) in [4.78, 5) is 0.241. The van der Waals surface area contributed by atoms with Gasteiger partial charge in [-0.25, -0.2) is 8.42 Å². The van der Waals surface area contributed by atoms with Crippen molar-refractivity contribution >= 4 is 31.5 Å². The van der Waals surface area contributed by atoms with Crippen LogP contribution in [0.4, 0.5) is 5.69 Å². The van der Waals surface area contributed by atoms with Crippen LogP contribution in [0.25, 0.3) is 0 Å². The Kier molecular flexibility index (Phi) is 4.35. The van der Waals surface area contributed by atoms with Crippen molar-refractivity contribution in [3.05, 3.63) is 22.7 Å². The average molecular weight is 308 g/mol. The zero-order valence-corrected chi connectivity index (χ0v) is 11.5. The number of hydrogen-bond acceptors (Lipinski definition) is 4. The van der Waals surface area contributed by atoms with Crippen LogP contribution in [0, 0.1) is 0 Å². The van der Waals surface area contributed by atoms with Gasteiger partial charge in [0.05, 0.1) is 16.8 Å². The molecule has 1 aromatic rings. The van der Waals surface area contributed by atoms with Crippen molar-refractivity contribution in [3.8, 4) is 0 Å². The number of hydrogen-bond donors (Lipinski definition) is 1. The lowest BCUT2D eigenvalue weighted by Crippen LogP contribution is -2.20. The monoisotopic (exact) mass is 307 g/mol. The predicted molar refractivity (Wildman–Crippen MR) is 67.1 cm³/mol. The summed E-state index contributed by atoms with van der Waals surface area (Å²) in [5.74, 6) is -0.0496. The fourth-order valence-electron chi connectivity index (χ4n) is 1.24. The van der Waals surface area contributed by atoms with Gasteiger partial charge in [0.1, 0.15) is 0 Å². The normalized spacial score (nSPS) is 13.7. The lowest BCUT2D eigenvalue weighted by Gasteiger charge is -2.11. The van der Waals surface area contributed by atoms with E-state index in [4.69, 9.17) is 10.5 Å². The number of rotatable bonds is 4. The number of nitrogen functional groups attached to an aromatic ring is 1. The molecule has 1 aromatic carbocycles. The molecule has 0 amide bonds. The summed E-state index contributed by atoms with van der Waals surface area (Å²) in [6.07, 6.45) is -0.338. The van der Waals surface area contributed by atoms with Crippen LogP contribution in [-0.4, -0.2) is 27.4 Å². The molecule has 0 saturated heterocycles. The van der Waals surface area contributed by atoms with Gasteiger partial charge in [0.25, 0.3) is 0 Å². The van der Waals surface area contributed by atoms with Crippen molar-refractivity contribution < 1.29 is 13.2 Å². The summed E-state index contributed by atoms with van der Waals surface area (Å²) in [5, 5.41) is 0. The van der Waals surface area contributed by atoms with Crippen LogP contribution >= 0.6 is 15.9 Å². The van der Waals surface area contributed by atoms with Gasteiger partial charge in [-0.05, 0) is 41.1 Å². The molecule has 0 spiro atoms. The zero-order chi connectivity index (χ0) is 12.3. The maximum absolute atomic E-state index is 12.0. The van der Waals surface area contributed by atoms with Crippen molar-refractivity contribution in [2.75, 3.05) is 18.6 Å².